The average Bonchev–Trinajstić information content (AvgIpc) is 2.60. The van der Waals surface area contributed by atoms with Gasteiger partial charge in [0, 0.05) is 32.6 Å². The van der Waals surface area contributed by atoms with Gasteiger partial charge in [-0.1, -0.05) is 30.3 Å². The predicted molar refractivity (Wildman–Crippen MR) is 86.9 cm³/mol. The van der Waals surface area contributed by atoms with Crippen molar-refractivity contribution in [2.75, 3.05) is 32.7 Å². The molecule has 1 aromatic carbocycles. The van der Waals surface area contributed by atoms with Crippen LogP contribution >= 0.6 is 0 Å². The molecule has 6 nitrogen and oxygen atoms in total. The van der Waals surface area contributed by atoms with Gasteiger partial charge >= 0.3 is 0 Å². The lowest BCUT2D eigenvalue weighted by Gasteiger charge is -2.34. The predicted octanol–water partition coefficient (Wildman–Crippen LogP) is 1.05. The minimum atomic E-state index is -0.332. The van der Waals surface area contributed by atoms with E-state index in [-0.39, 0.29) is 11.8 Å². The number of nitrogens with one attached hydrogen (secondary N) is 1. The summed E-state index contributed by atoms with van der Waals surface area (Å²) in [5.41, 5.74) is 2.70. The summed E-state index contributed by atoms with van der Waals surface area (Å²) in [6.45, 7) is 4.23. The molecule has 0 aromatic heterocycles. The van der Waals surface area contributed by atoms with Gasteiger partial charge in [0.15, 0.2) is 0 Å². The molecule has 1 aliphatic rings. The molecule has 0 bridgehead atoms. The zero-order valence-corrected chi connectivity index (χ0v) is 13.4. The van der Waals surface area contributed by atoms with Gasteiger partial charge in [-0.25, -0.2) is 5.48 Å². The molecule has 0 atom stereocenters. The van der Waals surface area contributed by atoms with Crippen molar-refractivity contribution in [1.29, 1.82) is 0 Å². The van der Waals surface area contributed by atoms with Gasteiger partial charge in [-0.3, -0.25) is 19.7 Å². The van der Waals surface area contributed by atoms with Crippen molar-refractivity contribution in [1.82, 2.24) is 15.3 Å². The highest BCUT2D eigenvalue weighted by molar-refractivity contribution is 5.78. The molecule has 23 heavy (non-hydrogen) atoms. The monoisotopic (exact) mass is 319 g/mol. The normalized spacial score (nSPS) is 15.4. The molecule has 0 radical (unpaired) electrons. The van der Waals surface area contributed by atoms with Gasteiger partial charge in [-0.05, 0) is 24.9 Å². The third kappa shape index (κ3) is 6.00. The van der Waals surface area contributed by atoms with Gasteiger partial charge in [0.25, 0.3) is 0 Å². The molecule has 6 heteroatoms. The molecule has 1 fully saturated rings. The van der Waals surface area contributed by atoms with Crippen molar-refractivity contribution in [2.24, 2.45) is 0 Å². The maximum Gasteiger partial charge on any atom is 0.243 e. The van der Waals surface area contributed by atoms with Crippen LogP contribution in [-0.2, 0) is 16.0 Å². The average molecular weight is 319 g/mol. The minimum absolute atomic E-state index is 0.190. The molecule has 1 aliphatic heterocycles. The summed E-state index contributed by atoms with van der Waals surface area (Å²) in [6, 6.07) is 9.83. The van der Waals surface area contributed by atoms with Crippen LogP contribution in [0.2, 0.25) is 0 Å². The van der Waals surface area contributed by atoms with E-state index < -0.39 is 0 Å². The molecule has 2 N–H and O–H groups in total. The Labute approximate surface area is 137 Å². The molecule has 2 amide bonds. The second-order valence-corrected chi connectivity index (χ2v) is 5.88. The first-order chi connectivity index (χ1) is 11.2. The Morgan fingerprint density at radius 1 is 1.04 bits per heavy atom. The largest absolute Gasteiger partial charge is 0.340 e. The number of amides is 2. The van der Waals surface area contributed by atoms with E-state index >= 15 is 0 Å². The number of nitrogens with zero attached hydrogens (tertiary/aromatic N) is 2. The topological polar surface area (TPSA) is 72.9 Å². The van der Waals surface area contributed by atoms with Gasteiger partial charge in [-0.2, -0.15) is 0 Å². The van der Waals surface area contributed by atoms with Crippen molar-refractivity contribution in [3.63, 3.8) is 0 Å². The van der Waals surface area contributed by atoms with E-state index in [1.165, 1.54) is 0 Å². The summed E-state index contributed by atoms with van der Waals surface area (Å²) in [5.74, 6) is -0.142. The third-order valence-electron chi connectivity index (χ3n) is 4.18. The number of carbonyl (C=O) groups is 2. The zero-order valence-electron chi connectivity index (χ0n) is 13.4. The van der Waals surface area contributed by atoms with E-state index in [9.17, 15) is 9.59 Å². The molecule has 0 unspecified atom stereocenters. The summed E-state index contributed by atoms with van der Waals surface area (Å²) in [5, 5.41) is 8.42. The Hall–Kier alpha value is -1.92. The lowest BCUT2D eigenvalue weighted by Crippen LogP contribution is -2.49. The van der Waals surface area contributed by atoms with E-state index in [0.717, 1.165) is 51.1 Å². The Balaban J connectivity index is 1.63. The van der Waals surface area contributed by atoms with E-state index in [0.29, 0.717) is 12.8 Å². The Bertz CT molecular complexity index is 499. The molecule has 2 rings (SSSR count). The quantitative estimate of drug-likeness (QED) is 0.448. The Kier molecular flexibility index (Phi) is 7.03. The third-order valence-corrected chi connectivity index (χ3v) is 4.18. The van der Waals surface area contributed by atoms with Crippen LogP contribution in [0.5, 0.6) is 0 Å². The highest BCUT2D eigenvalue weighted by atomic mass is 16.5. The van der Waals surface area contributed by atoms with Gasteiger partial charge in [-0.15, -0.1) is 0 Å². The van der Waals surface area contributed by atoms with E-state index in [4.69, 9.17) is 5.21 Å². The second kappa shape index (κ2) is 9.27. The van der Waals surface area contributed by atoms with Crippen molar-refractivity contribution in [3.8, 4) is 0 Å². The number of hydroxylamine groups is 1. The van der Waals surface area contributed by atoms with Crippen molar-refractivity contribution >= 4 is 11.8 Å². The number of carbonyl (C=O) groups excluding carboxylic acids is 2. The van der Waals surface area contributed by atoms with E-state index in [1.54, 1.807) is 5.48 Å². The Morgan fingerprint density at radius 3 is 2.39 bits per heavy atom. The SMILES string of the molecule is O=C(CCCCN1CCN(C(=O)Cc2ccccc2)CC1)NO. The van der Waals surface area contributed by atoms with Gasteiger partial charge < -0.3 is 4.90 Å². The molecule has 1 saturated heterocycles. The first kappa shape index (κ1) is 17.4. The molecule has 1 aromatic rings. The number of piperazine rings is 1. The van der Waals surface area contributed by atoms with Crippen LogP contribution in [0.15, 0.2) is 30.3 Å². The molecule has 0 saturated carbocycles. The molecular weight excluding hydrogens is 294 g/mol. The molecular formula is C17H25N3O3. The summed E-state index contributed by atoms with van der Waals surface area (Å²) in [4.78, 5) is 27.4. The highest BCUT2D eigenvalue weighted by Crippen LogP contribution is 2.08. The number of unbranched alkanes of at least 4 members (excludes halogenated alkanes) is 1. The van der Waals surface area contributed by atoms with E-state index in [1.807, 2.05) is 35.2 Å². The Morgan fingerprint density at radius 2 is 1.74 bits per heavy atom. The lowest BCUT2D eigenvalue weighted by molar-refractivity contribution is -0.132. The van der Waals surface area contributed by atoms with Crippen LogP contribution in [0.25, 0.3) is 0 Å². The standard InChI is InChI=1S/C17H25N3O3/c21-16(18-23)8-4-5-9-19-10-12-20(13-11-19)17(22)14-15-6-2-1-3-7-15/h1-3,6-7,23H,4-5,8-14H2,(H,18,21). The number of rotatable bonds is 7. The number of hydrogen-bond donors (Lipinski definition) is 2. The number of benzene rings is 1. The van der Waals surface area contributed by atoms with Gasteiger partial charge in [0.1, 0.15) is 0 Å². The van der Waals surface area contributed by atoms with Crippen molar-refractivity contribution < 1.29 is 14.8 Å². The first-order valence-electron chi connectivity index (χ1n) is 8.16. The maximum atomic E-state index is 12.3. The van der Waals surface area contributed by atoms with Gasteiger partial charge in [0.05, 0.1) is 6.42 Å². The maximum absolute atomic E-state index is 12.3. The molecule has 0 spiro atoms. The van der Waals surface area contributed by atoms with Crippen LogP contribution in [-0.4, -0.2) is 59.5 Å². The van der Waals surface area contributed by atoms with Crippen molar-refractivity contribution in [2.45, 2.75) is 25.7 Å². The van der Waals surface area contributed by atoms with Crippen LogP contribution in [0, 0.1) is 0 Å². The van der Waals surface area contributed by atoms with Crippen LogP contribution in [0.3, 0.4) is 0 Å². The zero-order chi connectivity index (χ0) is 16.5. The fraction of sp³-hybridized carbons (Fsp3) is 0.529. The summed E-state index contributed by atoms with van der Waals surface area (Å²) < 4.78 is 0. The summed E-state index contributed by atoms with van der Waals surface area (Å²) in [7, 11) is 0. The minimum Gasteiger partial charge on any atom is -0.340 e. The van der Waals surface area contributed by atoms with Crippen LogP contribution < -0.4 is 5.48 Å². The van der Waals surface area contributed by atoms with Gasteiger partial charge in [0.2, 0.25) is 11.8 Å². The lowest BCUT2D eigenvalue weighted by atomic mass is 10.1. The molecule has 0 aliphatic carbocycles. The van der Waals surface area contributed by atoms with E-state index in [2.05, 4.69) is 4.90 Å². The van der Waals surface area contributed by atoms with Crippen LogP contribution in [0.1, 0.15) is 24.8 Å². The number of hydrogen-bond acceptors (Lipinski definition) is 4. The summed E-state index contributed by atoms with van der Waals surface area (Å²) >= 11 is 0. The van der Waals surface area contributed by atoms with Crippen molar-refractivity contribution in [3.05, 3.63) is 35.9 Å². The highest BCUT2D eigenvalue weighted by Gasteiger charge is 2.20. The molecule has 1 heterocycles. The second-order valence-electron chi connectivity index (χ2n) is 5.88. The first-order valence-corrected chi connectivity index (χ1v) is 8.16. The van der Waals surface area contributed by atoms with Crippen LogP contribution in [0.4, 0.5) is 0 Å². The summed E-state index contributed by atoms with van der Waals surface area (Å²) in [6.07, 6.45) is 2.51. The fourth-order valence-corrected chi connectivity index (χ4v) is 2.78. The smallest absolute Gasteiger partial charge is 0.243 e. The fourth-order valence-electron chi connectivity index (χ4n) is 2.78. The molecule has 126 valence electrons.